The number of hydrogen-bond donors (Lipinski definition) is 4. The standard InChI is InChI=1S/C23H30O12/c24-18(25)14-3-1-10(6-16(14)20(28)29)22(32)34-8-12-5-13(12)9-35-23(33)11-2-4-15(19(26)27)17(7-11)21(30)31/h10-17H,1-9H2,(H,24,25)(H,26,27)(H,28,29)(H,30,31). The van der Waals surface area contributed by atoms with Gasteiger partial charge in [0.05, 0.1) is 48.7 Å². The van der Waals surface area contributed by atoms with Crippen LogP contribution in [0.1, 0.15) is 44.9 Å². The van der Waals surface area contributed by atoms with Gasteiger partial charge in [-0.1, -0.05) is 0 Å². The van der Waals surface area contributed by atoms with Crippen LogP contribution in [0.25, 0.3) is 0 Å². The fourth-order valence-corrected chi connectivity index (χ4v) is 5.24. The molecular weight excluding hydrogens is 468 g/mol. The van der Waals surface area contributed by atoms with Gasteiger partial charge in [-0.3, -0.25) is 28.8 Å². The van der Waals surface area contributed by atoms with Crippen molar-refractivity contribution in [3.8, 4) is 0 Å². The third-order valence-electron chi connectivity index (χ3n) is 7.58. The Kier molecular flexibility index (Phi) is 8.34. The van der Waals surface area contributed by atoms with E-state index in [2.05, 4.69) is 0 Å². The topological polar surface area (TPSA) is 202 Å². The van der Waals surface area contributed by atoms with Gasteiger partial charge in [-0.05, 0) is 56.8 Å². The van der Waals surface area contributed by atoms with Crippen molar-refractivity contribution in [2.75, 3.05) is 13.2 Å². The molecule has 3 aliphatic rings. The largest absolute Gasteiger partial charge is 0.481 e. The molecule has 8 atom stereocenters. The zero-order valence-electron chi connectivity index (χ0n) is 19.0. The van der Waals surface area contributed by atoms with E-state index in [1.54, 1.807) is 0 Å². The molecule has 0 bridgehead atoms. The third-order valence-corrected chi connectivity index (χ3v) is 7.58. The Hall–Kier alpha value is -3.18. The lowest BCUT2D eigenvalue weighted by molar-refractivity contribution is -0.162. The van der Waals surface area contributed by atoms with Gasteiger partial charge in [0, 0.05) is 0 Å². The van der Waals surface area contributed by atoms with Gasteiger partial charge in [0.15, 0.2) is 0 Å². The summed E-state index contributed by atoms with van der Waals surface area (Å²) >= 11 is 0. The fourth-order valence-electron chi connectivity index (χ4n) is 5.24. The van der Waals surface area contributed by atoms with E-state index >= 15 is 0 Å². The van der Waals surface area contributed by atoms with Gasteiger partial charge in [0.25, 0.3) is 0 Å². The first-order valence-corrected chi connectivity index (χ1v) is 11.7. The Balaban J connectivity index is 1.38. The number of aliphatic carboxylic acids is 4. The summed E-state index contributed by atoms with van der Waals surface area (Å²) in [7, 11) is 0. The molecule has 12 nitrogen and oxygen atoms in total. The summed E-state index contributed by atoms with van der Waals surface area (Å²) in [6.07, 6.45) is 1.15. The molecule has 0 aromatic heterocycles. The molecule has 0 radical (unpaired) electrons. The zero-order valence-corrected chi connectivity index (χ0v) is 19.0. The van der Waals surface area contributed by atoms with Gasteiger partial charge in [-0.2, -0.15) is 0 Å². The summed E-state index contributed by atoms with van der Waals surface area (Å²) in [5.41, 5.74) is 0. The molecule has 3 saturated carbocycles. The Labute approximate surface area is 200 Å². The quantitative estimate of drug-likeness (QED) is 0.313. The lowest BCUT2D eigenvalue weighted by atomic mass is 9.74. The van der Waals surface area contributed by atoms with Gasteiger partial charge in [-0.15, -0.1) is 0 Å². The third kappa shape index (κ3) is 6.49. The van der Waals surface area contributed by atoms with Crippen LogP contribution in [0.2, 0.25) is 0 Å². The molecule has 0 aromatic rings. The van der Waals surface area contributed by atoms with E-state index < -0.39 is 71.3 Å². The van der Waals surface area contributed by atoms with Gasteiger partial charge < -0.3 is 29.9 Å². The minimum absolute atomic E-state index is 0.0214. The Morgan fingerprint density at radius 2 is 0.857 bits per heavy atom. The van der Waals surface area contributed by atoms with Crippen LogP contribution in [0.15, 0.2) is 0 Å². The predicted octanol–water partition coefficient (Wildman–Crippen LogP) is 1.11. The summed E-state index contributed by atoms with van der Waals surface area (Å²) in [6.45, 7) is 0.172. The van der Waals surface area contributed by atoms with Gasteiger partial charge in [-0.25, -0.2) is 0 Å². The molecule has 0 saturated heterocycles. The molecule has 3 rings (SSSR count). The highest BCUT2D eigenvalue weighted by Gasteiger charge is 2.45. The maximum absolute atomic E-state index is 12.4. The molecular formula is C23H30O12. The maximum Gasteiger partial charge on any atom is 0.308 e. The number of esters is 2. The van der Waals surface area contributed by atoms with Crippen LogP contribution in [0.3, 0.4) is 0 Å². The van der Waals surface area contributed by atoms with Crippen molar-refractivity contribution >= 4 is 35.8 Å². The first kappa shape index (κ1) is 26.4. The van der Waals surface area contributed by atoms with Gasteiger partial charge in [0.1, 0.15) is 0 Å². The molecule has 4 N–H and O–H groups in total. The van der Waals surface area contributed by atoms with Gasteiger partial charge >= 0.3 is 35.8 Å². The number of carboxylic acid groups (broad SMARTS) is 4. The van der Waals surface area contributed by atoms with E-state index in [4.69, 9.17) is 9.47 Å². The van der Waals surface area contributed by atoms with E-state index in [0.29, 0.717) is 6.42 Å². The van der Waals surface area contributed by atoms with Crippen molar-refractivity contribution in [1.29, 1.82) is 0 Å². The van der Waals surface area contributed by atoms with E-state index in [9.17, 15) is 49.2 Å². The summed E-state index contributed by atoms with van der Waals surface area (Å²) in [5, 5.41) is 36.9. The smallest absolute Gasteiger partial charge is 0.308 e. The summed E-state index contributed by atoms with van der Waals surface area (Å²) < 4.78 is 10.6. The monoisotopic (exact) mass is 498 g/mol. The minimum Gasteiger partial charge on any atom is -0.481 e. The molecule has 8 unspecified atom stereocenters. The molecule has 0 amide bonds. The van der Waals surface area contributed by atoms with Crippen LogP contribution in [0, 0.1) is 47.3 Å². The van der Waals surface area contributed by atoms with Crippen LogP contribution in [-0.2, 0) is 38.2 Å². The average molecular weight is 498 g/mol. The molecule has 3 aliphatic carbocycles. The second kappa shape index (κ2) is 11.0. The highest BCUT2D eigenvalue weighted by Crippen LogP contribution is 2.41. The normalized spacial score (nSPS) is 34.3. The van der Waals surface area contributed by atoms with Crippen molar-refractivity contribution in [1.82, 2.24) is 0 Å². The highest BCUT2D eigenvalue weighted by molar-refractivity contribution is 5.83. The van der Waals surface area contributed by atoms with Crippen molar-refractivity contribution in [2.24, 2.45) is 47.3 Å². The van der Waals surface area contributed by atoms with Crippen molar-refractivity contribution < 1.29 is 58.7 Å². The summed E-state index contributed by atoms with van der Waals surface area (Å²) in [5.74, 6) is -11.7. The lowest BCUT2D eigenvalue weighted by Crippen LogP contribution is -2.38. The number of hydrogen-bond acceptors (Lipinski definition) is 8. The number of ether oxygens (including phenoxy) is 2. The molecule has 35 heavy (non-hydrogen) atoms. The molecule has 0 heterocycles. The Bertz CT molecular complexity index is 812. The second-order valence-corrected chi connectivity index (χ2v) is 9.81. The Morgan fingerprint density at radius 1 is 0.514 bits per heavy atom. The first-order valence-electron chi connectivity index (χ1n) is 11.7. The number of carbonyl (C=O) groups is 6. The molecule has 3 fully saturated rings. The summed E-state index contributed by atoms with van der Waals surface area (Å²) in [4.78, 5) is 70.0. The zero-order chi connectivity index (χ0) is 25.9. The number of carboxylic acids is 4. The SMILES string of the molecule is O=C(OCC1CC1COC(=O)C1CCC(C(=O)O)C(C(=O)O)C1)C1CCC(C(=O)O)C(C(=O)O)C1. The second-order valence-electron chi connectivity index (χ2n) is 9.81. The fraction of sp³-hybridized carbons (Fsp3) is 0.739. The van der Waals surface area contributed by atoms with Gasteiger partial charge in [0.2, 0.25) is 0 Å². The van der Waals surface area contributed by atoms with Crippen molar-refractivity contribution in [3.63, 3.8) is 0 Å². The highest BCUT2D eigenvalue weighted by atomic mass is 16.5. The average Bonchev–Trinajstić information content (AvgIpc) is 3.58. The van der Waals surface area contributed by atoms with Crippen LogP contribution < -0.4 is 0 Å². The summed E-state index contributed by atoms with van der Waals surface area (Å²) in [6, 6.07) is 0. The van der Waals surface area contributed by atoms with Crippen molar-refractivity contribution in [3.05, 3.63) is 0 Å². The first-order chi connectivity index (χ1) is 16.5. The molecule has 0 aromatic carbocycles. The molecule has 194 valence electrons. The molecule has 0 spiro atoms. The Morgan fingerprint density at radius 3 is 1.17 bits per heavy atom. The van der Waals surface area contributed by atoms with Crippen molar-refractivity contribution in [2.45, 2.75) is 44.9 Å². The lowest BCUT2D eigenvalue weighted by Gasteiger charge is -2.30. The van der Waals surface area contributed by atoms with E-state index in [0.717, 1.165) is 0 Å². The maximum atomic E-state index is 12.4. The number of carbonyl (C=O) groups excluding carboxylic acids is 2. The van der Waals surface area contributed by atoms with E-state index in [1.807, 2.05) is 0 Å². The van der Waals surface area contributed by atoms with Crippen LogP contribution in [-0.4, -0.2) is 69.5 Å². The minimum atomic E-state index is -1.25. The molecule has 12 heteroatoms. The van der Waals surface area contributed by atoms with Crippen LogP contribution >= 0.6 is 0 Å². The van der Waals surface area contributed by atoms with E-state index in [-0.39, 0.29) is 63.6 Å². The number of rotatable bonds is 10. The van der Waals surface area contributed by atoms with E-state index in [1.165, 1.54) is 0 Å². The predicted molar refractivity (Wildman–Crippen MR) is 113 cm³/mol. The van der Waals surface area contributed by atoms with Crippen LogP contribution in [0.4, 0.5) is 0 Å². The molecule has 0 aliphatic heterocycles. The van der Waals surface area contributed by atoms with Crippen LogP contribution in [0.5, 0.6) is 0 Å².